The minimum absolute atomic E-state index is 0.00384. The normalized spacial score (nSPS) is 24.1. The van der Waals surface area contributed by atoms with Gasteiger partial charge in [0.2, 0.25) is 26.0 Å². The Morgan fingerprint density at radius 3 is 2.45 bits per heavy atom. The first-order valence-corrected chi connectivity index (χ1v) is 16.0. The predicted octanol–water partition coefficient (Wildman–Crippen LogP) is 2.56. The molecule has 222 valence electrons. The summed E-state index contributed by atoms with van der Waals surface area (Å²) in [6, 6.07) is 14.6. The van der Waals surface area contributed by atoms with Crippen molar-refractivity contribution in [3.8, 4) is 0 Å². The first-order chi connectivity index (χ1) is 19.7. The van der Waals surface area contributed by atoms with Crippen molar-refractivity contribution in [2.75, 3.05) is 20.1 Å². The second kappa shape index (κ2) is 10.5. The van der Waals surface area contributed by atoms with Gasteiger partial charge in [-0.15, -0.1) is 0 Å². The minimum atomic E-state index is -4.38. The number of rotatable bonds is 7. The first-order valence-electron chi connectivity index (χ1n) is 13.0. The van der Waals surface area contributed by atoms with Gasteiger partial charge in [0.15, 0.2) is 5.78 Å². The zero-order valence-electron chi connectivity index (χ0n) is 22.9. The molecule has 42 heavy (non-hydrogen) atoms. The summed E-state index contributed by atoms with van der Waals surface area (Å²) in [5, 5.41) is 0. The van der Waals surface area contributed by atoms with E-state index in [-0.39, 0.29) is 42.4 Å². The SMILES string of the molecule is CN1C(N)=N[C@](C)(c2cc(CC(=O)c3ccc(F)cn3)ccc2F)[C@]2(CCN(S(=O)(=O)Cc3ccccc3)C2)S1(=O)=O. The summed E-state index contributed by atoms with van der Waals surface area (Å²) < 4.78 is 84.0. The van der Waals surface area contributed by atoms with Gasteiger partial charge in [0.1, 0.15) is 27.6 Å². The topological polar surface area (TPSA) is 143 Å². The van der Waals surface area contributed by atoms with E-state index in [1.807, 2.05) is 0 Å². The second-order valence-corrected chi connectivity index (χ2v) is 14.9. The van der Waals surface area contributed by atoms with Crippen LogP contribution in [0.3, 0.4) is 0 Å². The Hall–Kier alpha value is -3.75. The molecule has 2 aliphatic heterocycles. The van der Waals surface area contributed by atoms with Gasteiger partial charge in [0.25, 0.3) is 0 Å². The van der Waals surface area contributed by atoms with E-state index in [1.165, 1.54) is 32.2 Å². The number of halogens is 2. The first kappa shape index (κ1) is 29.7. The van der Waals surface area contributed by atoms with Crippen LogP contribution in [-0.4, -0.2) is 67.1 Å². The largest absolute Gasteiger partial charge is 0.369 e. The van der Waals surface area contributed by atoms with Gasteiger partial charge in [0, 0.05) is 32.1 Å². The molecular weight excluding hydrogens is 588 g/mol. The van der Waals surface area contributed by atoms with E-state index in [9.17, 15) is 26.0 Å². The molecule has 0 aliphatic carbocycles. The van der Waals surface area contributed by atoms with Crippen molar-refractivity contribution >= 4 is 31.8 Å². The van der Waals surface area contributed by atoms with E-state index < -0.39 is 54.3 Å². The van der Waals surface area contributed by atoms with Gasteiger partial charge < -0.3 is 5.73 Å². The average molecular weight is 618 g/mol. The third-order valence-corrected chi connectivity index (χ3v) is 12.5. The van der Waals surface area contributed by atoms with Gasteiger partial charge in [-0.1, -0.05) is 36.4 Å². The number of ketones is 1. The van der Waals surface area contributed by atoms with Crippen molar-refractivity contribution < 1.29 is 30.4 Å². The van der Waals surface area contributed by atoms with Gasteiger partial charge in [-0.05, 0) is 48.7 Å². The molecular formula is C28H29F2N5O5S2. The number of Topliss-reactive ketones (excluding diaryl/α,β-unsaturated/α-hetero) is 1. The zero-order valence-corrected chi connectivity index (χ0v) is 24.5. The molecule has 3 heterocycles. The summed E-state index contributed by atoms with van der Waals surface area (Å²) in [7, 11) is -7.13. The average Bonchev–Trinajstić information content (AvgIpc) is 3.43. The lowest BCUT2D eigenvalue weighted by molar-refractivity contribution is 0.0988. The molecule has 0 amide bonds. The third-order valence-electron chi connectivity index (χ3n) is 8.12. The molecule has 2 atom stereocenters. The van der Waals surface area contributed by atoms with Crippen LogP contribution in [0, 0.1) is 11.6 Å². The van der Waals surface area contributed by atoms with E-state index in [2.05, 4.69) is 9.98 Å². The number of aliphatic imine (C=N–C) groups is 1. The van der Waals surface area contributed by atoms with Crippen molar-refractivity contribution in [2.45, 2.75) is 35.8 Å². The fraction of sp³-hybridized carbons (Fsp3) is 0.321. The molecule has 2 aliphatic rings. The smallest absolute Gasteiger partial charge is 0.247 e. The van der Waals surface area contributed by atoms with E-state index >= 15 is 4.39 Å². The number of sulfonamides is 2. The standard InChI is InChI=1S/C28H29F2N5O5S2/c1-27(22-14-20(8-10-23(22)30)15-25(36)24-11-9-21(29)16-32-24)28(42(39,40)34(2)26(31)33-27)12-13-35(18-28)41(37,38)17-19-6-4-3-5-7-19/h3-11,14,16H,12-13,15,17-18H2,1-2H3,(H2,31,33)/t27-,28-/m1/s1. The molecule has 0 radical (unpaired) electrons. The predicted molar refractivity (Wildman–Crippen MR) is 152 cm³/mol. The third kappa shape index (κ3) is 4.86. The minimum Gasteiger partial charge on any atom is -0.369 e. The second-order valence-electron chi connectivity index (χ2n) is 10.6. The molecule has 10 nitrogen and oxygen atoms in total. The highest BCUT2D eigenvalue weighted by molar-refractivity contribution is 7.91. The van der Waals surface area contributed by atoms with E-state index in [1.54, 1.807) is 30.3 Å². The van der Waals surface area contributed by atoms with Crippen LogP contribution in [0.15, 0.2) is 71.9 Å². The van der Waals surface area contributed by atoms with Crippen LogP contribution in [0.25, 0.3) is 0 Å². The van der Waals surface area contributed by atoms with Crippen molar-refractivity contribution in [3.05, 3.63) is 101 Å². The molecule has 1 saturated heterocycles. The monoisotopic (exact) mass is 617 g/mol. The quantitative estimate of drug-likeness (QED) is 0.402. The molecule has 5 rings (SSSR count). The number of carbonyl (C=O) groups excluding carboxylic acids is 1. The fourth-order valence-electron chi connectivity index (χ4n) is 5.69. The number of aromatic nitrogens is 1. The Labute approximate surface area is 243 Å². The number of hydrogen-bond acceptors (Lipinski definition) is 8. The van der Waals surface area contributed by atoms with Crippen molar-refractivity contribution in [2.24, 2.45) is 10.7 Å². The Morgan fingerprint density at radius 2 is 1.79 bits per heavy atom. The van der Waals surface area contributed by atoms with Gasteiger partial charge in [-0.25, -0.2) is 34.9 Å². The van der Waals surface area contributed by atoms with Gasteiger partial charge in [-0.3, -0.25) is 9.78 Å². The van der Waals surface area contributed by atoms with Crippen LogP contribution in [0.4, 0.5) is 8.78 Å². The molecule has 2 N–H and O–H groups in total. The number of benzene rings is 2. The maximum Gasteiger partial charge on any atom is 0.247 e. The molecule has 2 aromatic carbocycles. The molecule has 1 fully saturated rings. The zero-order chi connectivity index (χ0) is 30.5. The number of nitrogens with zero attached hydrogens (tertiary/aromatic N) is 4. The molecule has 0 bridgehead atoms. The van der Waals surface area contributed by atoms with Crippen LogP contribution in [0.5, 0.6) is 0 Å². The number of pyridine rings is 1. The summed E-state index contributed by atoms with van der Waals surface area (Å²) in [6.07, 6.45) is 0.494. The molecule has 0 saturated carbocycles. The Bertz CT molecular complexity index is 1790. The molecule has 1 spiro atoms. The Kier molecular flexibility index (Phi) is 7.44. The van der Waals surface area contributed by atoms with Crippen molar-refractivity contribution in [3.63, 3.8) is 0 Å². The lowest BCUT2D eigenvalue weighted by Gasteiger charge is -2.48. The van der Waals surface area contributed by atoms with E-state index in [0.717, 1.165) is 26.9 Å². The summed E-state index contributed by atoms with van der Waals surface area (Å²) in [5.74, 6) is -2.60. The van der Waals surface area contributed by atoms with E-state index in [0.29, 0.717) is 11.1 Å². The van der Waals surface area contributed by atoms with Gasteiger partial charge >= 0.3 is 0 Å². The van der Waals surface area contributed by atoms with Crippen LogP contribution in [-0.2, 0) is 37.8 Å². The summed E-state index contributed by atoms with van der Waals surface area (Å²) in [4.78, 5) is 21.1. The number of nitrogens with two attached hydrogens (primary N) is 1. The van der Waals surface area contributed by atoms with Crippen LogP contribution >= 0.6 is 0 Å². The Morgan fingerprint density at radius 1 is 1.07 bits per heavy atom. The highest BCUT2D eigenvalue weighted by Crippen LogP contribution is 2.52. The summed E-state index contributed by atoms with van der Waals surface area (Å²) in [5.41, 5.74) is 4.90. The maximum absolute atomic E-state index is 15.6. The molecule has 3 aromatic rings. The number of carbonyl (C=O) groups is 1. The van der Waals surface area contributed by atoms with E-state index in [4.69, 9.17) is 5.73 Å². The van der Waals surface area contributed by atoms with Gasteiger partial charge in [-0.2, -0.15) is 4.31 Å². The van der Waals surface area contributed by atoms with Crippen LogP contribution in [0.1, 0.15) is 40.5 Å². The molecule has 0 unspecified atom stereocenters. The lowest BCUT2D eigenvalue weighted by Crippen LogP contribution is -2.66. The van der Waals surface area contributed by atoms with Crippen molar-refractivity contribution in [1.82, 2.24) is 13.6 Å². The Balaban J connectivity index is 1.57. The maximum atomic E-state index is 15.6. The number of guanidine groups is 1. The molecule has 1 aromatic heterocycles. The highest BCUT2D eigenvalue weighted by Gasteiger charge is 2.67. The fourth-order valence-corrected chi connectivity index (χ4v) is 9.49. The van der Waals surface area contributed by atoms with Gasteiger partial charge in [0.05, 0.1) is 11.9 Å². The van der Waals surface area contributed by atoms with Crippen LogP contribution in [0.2, 0.25) is 0 Å². The lowest BCUT2D eigenvalue weighted by atomic mass is 9.77. The van der Waals surface area contributed by atoms with Crippen LogP contribution < -0.4 is 5.73 Å². The summed E-state index contributed by atoms with van der Waals surface area (Å²) in [6.45, 7) is 0.802. The highest BCUT2D eigenvalue weighted by atomic mass is 32.2. The molecule has 14 heteroatoms. The number of hydrogen-bond donors (Lipinski definition) is 1. The summed E-state index contributed by atoms with van der Waals surface area (Å²) >= 11 is 0. The van der Waals surface area contributed by atoms with Crippen molar-refractivity contribution in [1.29, 1.82) is 0 Å².